The Bertz CT molecular complexity index is 342. The number of pyridine rings is 1. The van der Waals surface area contributed by atoms with Gasteiger partial charge in [0, 0.05) is 31.9 Å². The molecule has 0 spiro atoms. The van der Waals surface area contributed by atoms with Gasteiger partial charge in [-0.25, -0.2) is 4.98 Å². The largest absolute Gasteiger partial charge is 0.473 e. The van der Waals surface area contributed by atoms with Gasteiger partial charge in [-0.2, -0.15) is 0 Å². The third kappa shape index (κ3) is 3.66. The van der Waals surface area contributed by atoms with E-state index < -0.39 is 0 Å². The second-order valence-electron chi connectivity index (χ2n) is 4.55. The van der Waals surface area contributed by atoms with Crippen LogP contribution >= 0.6 is 0 Å². The van der Waals surface area contributed by atoms with E-state index in [0.29, 0.717) is 12.3 Å². The standard InChI is InChI=1S/C13H19FN2O/c1-11-3-4-13(15-9-11)17-12-5-8-16(10-12)7-2-6-14/h3-4,9,12H,2,5-8,10H2,1H3. The molecule has 0 radical (unpaired) electrons. The van der Waals surface area contributed by atoms with E-state index in [-0.39, 0.29) is 12.8 Å². The van der Waals surface area contributed by atoms with E-state index in [1.54, 1.807) is 0 Å². The van der Waals surface area contributed by atoms with Crippen molar-refractivity contribution < 1.29 is 9.13 Å². The first-order chi connectivity index (χ1) is 8.28. The third-order valence-corrected chi connectivity index (χ3v) is 3.01. The number of aromatic nitrogens is 1. The summed E-state index contributed by atoms with van der Waals surface area (Å²) in [5, 5.41) is 0. The predicted molar refractivity (Wildman–Crippen MR) is 65.0 cm³/mol. The van der Waals surface area contributed by atoms with E-state index in [1.165, 1.54) is 0 Å². The molecule has 17 heavy (non-hydrogen) atoms. The van der Waals surface area contributed by atoms with Crippen LogP contribution in [0.1, 0.15) is 18.4 Å². The van der Waals surface area contributed by atoms with E-state index in [1.807, 2.05) is 25.3 Å². The zero-order chi connectivity index (χ0) is 12.1. The fraction of sp³-hybridized carbons (Fsp3) is 0.615. The average molecular weight is 238 g/mol. The summed E-state index contributed by atoms with van der Waals surface area (Å²) >= 11 is 0. The van der Waals surface area contributed by atoms with Gasteiger partial charge in [-0.1, -0.05) is 6.07 Å². The number of likely N-dealkylation sites (tertiary alicyclic amines) is 1. The van der Waals surface area contributed by atoms with Crippen molar-refractivity contribution in [2.24, 2.45) is 0 Å². The molecule has 4 heteroatoms. The van der Waals surface area contributed by atoms with Crippen LogP contribution in [0.3, 0.4) is 0 Å². The Hall–Kier alpha value is -1.16. The highest BCUT2D eigenvalue weighted by molar-refractivity contribution is 5.16. The monoisotopic (exact) mass is 238 g/mol. The molecular weight excluding hydrogens is 219 g/mol. The molecule has 0 aromatic carbocycles. The van der Waals surface area contributed by atoms with Crippen LogP contribution in [-0.4, -0.2) is 42.3 Å². The minimum absolute atomic E-state index is 0.199. The fourth-order valence-electron chi connectivity index (χ4n) is 2.07. The molecule has 0 bridgehead atoms. The highest BCUT2D eigenvalue weighted by Gasteiger charge is 2.23. The van der Waals surface area contributed by atoms with Crippen LogP contribution in [0, 0.1) is 6.92 Å². The van der Waals surface area contributed by atoms with E-state index >= 15 is 0 Å². The van der Waals surface area contributed by atoms with Crippen molar-refractivity contribution in [3.63, 3.8) is 0 Å². The van der Waals surface area contributed by atoms with Crippen molar-refractivity contribution in [3.05, 3.63) is 23.9 Å². The quantitative estimate of drug-likeness (QED) is 0.786. The van der Waals surface area contributed by atoms with Crippen LogP contribution in [-0.2, 0) is 0 Å². The first kappa shape index (κ1) is 12.3. The molecular formula is C13H19FN2O. The summed E-state index contributed by atoms with van der Waals surface area (Å²) in [4.78, 5) is 6.48. The van der Waals surface area contributed by atoms with Gasteiger partial charge in [-0.3, -0.25) is 9.29 Å². The van der Waals surface area contributed by atoms with E-state index in [4.69, 9.17) is 4.74 Å². The van der Waals surface area contributed by atoms with Gasteiger partial charge in [0.05, 0.1) is 6.67 Å². The Labute approximate surface area is 102 Å². The van der Waals surface area contributed by atoms with E-state index in [2.05, 4.69) is 9.88 Å². The molecule has 1 unspecified atom stereocenters. The molecule has 2 rings (SSSR count). The van der Waals surface area contributed by atoms with Crippen LogP contribution in [0.4, 0.5) is 4.39 Å². The van der Waals surface area contributed by atoms with Crippen molar-refractivity contribution in [2.45, 2.75) is 25.9 Å². The van der Waals surface area contributed by atoms with Crippen molar-refractivity contribution in [3.8, 4) is 5.88 Å². The van der Waals surface area contributed by atoms with Gasteiger partial charge in [0.25, 0.3) is 0 Å². The molecule has 1 aromatic heterocycles. The summed E-state index contributed by atoms with van der Waals surface area (Å²) in [6.07, 6.45) is 3.63. The van der Waals surface area contributed by atoms with Crippen LogP contribution in [0.15, 0.2) is 18.3 Å². The molecule has 1 saturated heterocycles. The van der Waals surface area contributed by atoms with Gasteiger partial charge in [0.2, 0.25) is 5.88 Å². The Morgan fingerprint density at radius 2 is 2.41 bits per heavy atom. The van der Waals surface area contributed by atoms with Crippen molar-refractivity contribution >= 4 is 0 Å². The summed E-state index contributed by atoms with van der Waals surface area (Å²) in [5.74, 6) is 0.688. The zero-order valence-electron chi connectivity index (χ0n) is 10.2. The lowest BCUT2D eigenvalue weighted by molar-refractivity contribution is 0.191. The molecule has 0 saturated carbocycles. The molecule has 2 heterocycles. The maximum absolute atomic E-state index is 12.1. The first-order valence-electron chi connectivity index (χ1n) is 6.15. The van der Waals surface area contributed by atoms with Gasteiger partial charge in [-0.15, -0.1) is 0 Å². The second kappa shape index (κ2) is 5.96. The molecule has 0 amide bonds. The normalized spacial score (nSPS) is 20.7. The van der Waals surface area contributed by atoms with Gasteiger partial charge >= 0.3 is 0 Å². The Kier molecular flexibility index (Phi) is 4.31. The number of rotatable bonds is 5. The SMILES string of the molecule is Cc1ccc(OC2CCN(CCCF)C2)nc1. The molecule has 1 aliphatic rings. The number of aryl methyl sites for hydroxylation is 1. The van der Waals surface area contributed by atoms with Crippen LogP contribution in [0.2, 0.25) is 0 Å². The number of hydrogen-bond acceptors (Lipinski definition) is 3. The highest BCUT2D eigenvalue weighted by Crippen LogP contribution is 2.16. The van der Waals surface area contributed by atoms with Gasteiger partial charge < -0.3 is 4.74 Å². The van der Waals surface area contributed by atoms with E-state index in [0.717, 1.165) is 31.6 Å². The van der Waals surface area contributed by atoms with Gasteiger partial charge in [0.1, 0.15) is 6.10 Å². The van der Waals surface area contributed by atoms with E-state index in [9.17, 15) is 4.39 Å². The molecule has 1 fully saturated rings. The van der Waals surface area contributed by atoms with Crippen LogP contribution in [0.25, 0.3) is 0 Å². The maximum Gasteiger partial charge on any atom is 0.213 e. The van der Waals surface area contributed by atoms with Gasteiger partial charge in [-0.05, 0) is 25.3 Å². The lowest BCUT2D eigenvalue weighted by Crippen LogP contribution is -2.26. The molecule has 94 valence electrons. The summed E-state index contributed by atoms with van der Waals surface area (Å²) in [6.45, 7) is 4.48. The Balaban J connectivity index is 1.79. The topological polar surface area (TPSA) is 25.4 Å². The Morgan fingerprint density at radius 3 is 3.12 bits per heavy atom. The highest BCUT2D eigenvalue weighted by atomic mass is 19.1. The van der Waals surface area contributed by atoms with Crippen molar-refractivity contribution in [2.75, 3.05) is 26.3 Å². The first-order valence-corrected chi connectivity index (χ1v) is 6.15. The van der Waals surface area contributed by atoms with Crippen molar-refractivity contribution in [1.29, 1.82) is 0 Å². The zero-order valence-corrected chi connectivity index (χ0v) is 10.2. The predicted octanol–water partition coefficient (Wildman–Crippen LogP) is 2.20. The summed E-state index contributed by atoms with van der Waals surface area (Å²) in [5.41, 5.74) is 1.13. The molecule has 3 nitrogen and oxygen atoms in total. The lowest BCUT2D eigenvalue weighted by atomic mass is 10.3. The molecule has 0 N–H and O–H groups in total. The second-order valence-corrected chi connectivity index (χ2v) is 4.55. The van der Waals surface area contributed by atoms with Crippen molar-refractivity contribution in [1.82, 2.24) is 9.88 Å². The minimum atomic E-state index is -0.235. The van der Waals surface area contributed by atoms with Gasteiger partial charge in [0.15, 0.2) is 0 Å². The number of hydrogen-bond donors (Lipinski definition) is 0. The summed E-state index contributed by atoms with van der Waals surface area (Å²) in [7, 11) is 0. The average Bonchev–Trinajstić information content (AvgIpc) is 2.77. The number of alkyl halides is 1. The molecule has 0 aliphatic carbocycles. The smallest absolute Gasteiger partial charge is 0.213 e. The van der Waals surface area contributed by atoms with Crippen LogP contribution in [0.5, 0.6) is 5.88 Å². The number of nitrogens with zero attached hydrogens (tertiary/aromatic N) is 2. The summed E-state index contributed by atoms with van der Waals surface area (Å²) in [6, 6.07) is 3.90. The number of halogens is 1. The lowest BCUT2D eigenvalue weighted by Gasteiger charge is -2.15. The Morgan fingerprint density at radius 1 is 1.53 bits per heavy atom. The van der Waals surface area contributed by atoms with Crippen LogP contribution < -0.4 is 4.74 Å². The number of ether oxygens (including phenoxy) is 1. The molecule has 1 aliphatic heterocycles. The minimum Gasteiger partial charge on any atom is -0.473 e. The molecule has 1 aromatic rings. The maximum atomic E-state index is 12.1. The molecule has 1 atom stereocenters. The third-order valence-electron chi connectivity index (χ3n) is 3.01. The summed E-state index contributed by atoms with van der Waals surface area (Å²) < 4.78 is 17.9. The fourth-order valence-corrected chi connectivity index (χ4v) is 2.07.